The molecule has 2 aliphatic carbocycles. The van der Waals surface area contributed by atoms with E-state index in [-0.39, 0.29) is 11.8 Å². The van der Waals surface area contributed by atoms with Crippen LogP contribution >= 0.6 is 0 Å². The second kappa shape index (κ2) is 11.0. The van der Waals surface area contributed by atoms with Crippen molar-refractivity contribution in [2.45, 2.75) is 56.5 Å². The van der Waals surface area contributed by atoms with Gasteiger partial charge in [0, 0.05) is 29.6 Å². The highest BCUT2D eigenvalue weighted by molar-refractivity contribution is 6.05. The van der Waals surface area contributed by atoms with Gasteiger partial charge in [-0.2, -0.15) is 0 Å². The van der Waals surface area contributed by atoms with Crippen molar-refractivity contribution in [3.8, 4) is 11.5 Å². The lowest BCUT2D eigenvalue weighted by Crippen LogP contribution is -2.55. The number of anilines is 1. The van der Waals surface area contributed by atoms with Crippen LogP contribution in [-0.4, -0.2) is 43.0 Å². The molecule has 4 aromatic rings. The van der Waals surface area contributed by atoms with Crippen molar-refractivity contribution in [1.29, 1.82) is 0 Å². The summed E-state index contributed by atoms with van der Waals surface area (Å²) < 4.78 is 2.25. The smallest absolute Gasteiger partial charge is 0.328 e. The molecule has 0 unspecified atom stereocenters. The fourth-order valence-corrected chi connectivity index (χ4v) is 5.70. The summed E-state index contributed by atoms with van der Waals surface area (Å²) in [5.74, 6) is -0.791. The quantitative estimate of drug-likeness (QED) is 0.246. The number of hydrogen-bond donors (Lipinski definition) is 3. The van der Waals surface area contributed by atoms with Gasteiger partial charge in [0.25, 0.3) is 5.91 Å². The molecule has 41 heavy (non-hydrogen) atoms. The maximum atomic E-state index is 13.5. The van der Waals surface area contributed by atoms with Gasteiger partial charge >= 0.3 is 5.97 Å². The minimum absolute atomic E-state index is 0.259. The van der Waals surface area contributed by atoms with Crippen LogP contribution in [0.3, 0.4) is 0 Å². The Morgan fingerprint density at radius 1 is 0.976 bits per heavy atom. The lowest BCUT2D eigenvalue weighted by atomic mass is 9.92. The number of hydrogen-bond acceptors (Lipinski definition) is 5. The number of carboxylic acid groups (broad SMARTS) is 1. The summed E-state index contributed by atoms with van der Waals surface area (Å²) in [5.41, 5.74) is 3.22. The van der Waals surface area contributed by atoms with Crippen LogP contribution in [-0.2, 0) is 9.59 Å². The Morgan fingerprint density at radius 3 is 2.41 bits per heavy atom. The lowest BCUT2D eigenvalue weighted by molar-refractivity contribution is -0.131. The van der Waals surface area contributed by atoms with E-state index in [1.54, 1.807) is 42.6 Å². The summed E-state index contributed by atoms with van der Waals surface area (Å²) >= 11 is 0. The first-order valence-corrected chi connectivity index (χ1v) is 14.0. The van der Waals surface area contributed by atoms with Crippen LogP contribution < -0.4 is 10.6 Å². The van der Waals surface area contributed by atoms with Crippen molar-refractivity contribution >= 4 is 40.6 Å². The number of aromatic nitrogens is 3. The van der Waals surface area contributed by atoms with E-state index in [1.165, 1.54) is 12.5 Å². The zero-order chi connectivity index (χ0) is 28.4. The maximum absolute atomic E-state index is 13.5. The van der Waals surface area contributed by atoms with Gasteiger partial charge in [0.1, 0.15) is 11.2 Å². The average Bonchev–Trinajstić information content (AvgIpc) is 3.58. The lowest BCUT2D eigenvalue weighted by Gasteiger charge is -2.29. The Labute approximate surface area is 237 Å². The molecular formula is C32H31N5O4. The number of benzene rings is 2. The molecule has 3 N–H and O–H groups in total. The van der Waals surface area contributed by atoms with Gasteiger partial charge in [-0.25, -0.2) is 9.78 Å². The Morgan fingerprint density at radius 2 is 1.76 bits per heavy atom. The summed E-state index contributed by atoms with van der Waals surface area (Å²) in [6.45, 7) is 0. The van der Waals surface area contributed by atoms with Gasteiger partial charge in [-0.3, -0.25) is 14.6 Å². The largest absolute Gasteiger partial charge is 0.478 e. The third-order valence-electron chi connectivity index (χ3n) is 8.12. The van der Waals surface area contributed by atoms with E-state index in [1.807, 2.05) is 24.3 Å². The van der Waals surface area contributed by atoms with Gasteiger partial charge < -0.3 is 20.3 Å². The number of imidazole rings is 1. The maximum Gasteiger partial charge on any atom is 0.328 e. The molecule has 0 bridgehead atoms. The second-order valence-corrected chi connectivity index (χ2v) is 10.8. The first-order valence-electron chi connectivity index (χ1n) is 14.0. The summed E-state index contributed by atoms with van der Waals surface area (Å²) in [6.07, 6.45) is 10.4. The summed E-state index contributed by atoms with van der Waals surface area (Å²) in [7, 11) is 0. The van der Waals surface area contributed by atoms with Crippen LogP contribution in [0.2, 0.25) is 0 Å². The van der Waals surface area contributed by atoms with Crippen molar-refractivity contribution in [3.05, 3.63) is 84.1 Å². The highest BCUT2D eigenvalue weighted by Crippen LogP contribution is 2.38. The molecule has 0 spiro atoms. The first kappa shape index (κ1) is 26.4. The standard InChI is InChI=1S/C32H31N5O4/c38-28(39)16-11-21-9-13-23(14-10-21)34-31(41)32(17-2-3-18-32)36-30(40)22-12-15-27-26(20-22)35-29(25-8-1-4-19-33-25)37(27)24-6-5-7-24/h1,4,8-16,19-20,24H,2-3,5-7,17-18H2,(H,34,41)(H,36,40)(H,38,39)/b16-11+. The van der Waals surface area contributed by atoms with Crippen molar-refractivity contribution < 1.29 is 19.5 Å². The second-order valence-electron chi connectivity index (χ2n) is 10.8. The zero-order valence-electron chi connectivity index (χ0n) is 22.5. The van der Waals surface area contributed by atoms with E-state index in [0.29, 0.717) is 35.7 Å². The average molecular weight is 550 g/mol. The van der Waals surface area contributed by atoms with Gasteiger partial charge in [-0.15, -0.1) is 0 Å². The summed E-state index contributed by atoms with van der Waals surface area (Å²) in [4.78, 5) is 47.2. The van der Waals surface area contributed by atoms with Gasteiger partial charge in [0.05, 0.1) is 11.0 Å². The van der Waals surface area contributed by atoms with E-state index in [4.69, 9.17) is 10.1 Å². The number of carboxylic acids is 1. The number of carbonyl (C=O) groups is 3. The molecule has 6 rings (SSSR count). The predicted octanol–water partition coefficient (Wildman–Crippen LogP) is 5.60. The third kappa shape index (κ3) is 5.35. The monoisotopic (exact) mass is 549 g/mol. The number of nitrogens with one attached hydrogen (secondary N) is 2. The molecule has 2 aliphatic rings. The van der Waals surface area contributed by atoms with Crippen LogP contribution in [0, 0.1) is 0 Å². The van der Waals surface area contributed by atoms with Crippen molar-refractivity contribution in [2.24, 2.45) is 0 Å². The summed E-state index contributed by atoms with van der Waals surface area (Å²) in [6, 6.07) is 18.6. The van der Waals surface area contributed by atoms with E-state index in [0.717, 1.165) is 54.3 Å². The zero-order valence-corrected chi connectivity index (χ0v) is 22.5. The van der Waals surface area contributed by atoms with Gasteiger partial charge in [0.15, 0.2) is 5.82 Å². The Kier molecular flexibility index (Phi) is 7.09. The number of aliphatic carboxylic acids is 1. The van der Waals surface area contributed by atoms with E-state index in [9.17, 15) is 14.4 Å². The van der Waals surface area contributed by atoms with Crippen molar-refractivity contribution in [3.63, 3.8) is 0 Å². The van der Waals surface area contributed by atoms with Crippen LogP contribution in [0.25, 0.3) is 28.6 Å². The number of fused-ring (bicyclic) bond motifs is 1. The van der Waals surface area contributed by atoms with Gasteiger partial charge in [-0.05, 0) is 86.2 Å². The SMILES string of the molecule is O=C(O)/C=C/c1ccc(NC(=O)C2(NC(=O)c3ccc4c(c3)nc(-c3ccccn3)n4C3CCC3)CCCC2)cc1. The first-order chi connectivity index (χ1) is 19.9. The molecule has 0 saturated heterocycles. The van der Waals surface area contributed by atoms with Crippen molar-refractivity contribution in [2.75, 3.05) is 5.32 Å². The van der Waals surface area contributed by atoms with E-state index in [2.05, 4.69) is 20.2 Å². The molecule has 2 heterocycles. The summed E-state index contributed by atoms with van der Waals surface area (Å²) in [5, 5.41) is 14.8. The van der Waals surface area contributed by atoms with Crippen LogP contribution in [0.1, 0.15) is 66.9 Å². The molecule has 9 heteroatoms. The number of amides is 2. The molecular weight excluding hydrogens is 518 g/mol. The topological polar surface area (TPSA) is 126 Å². The molecule has 2 fully saturated rings. The Bertz CT molecular complexity index is 1630. The molecule has 2 saturated carbocycles. The van der Waals surface area contributed by atoms with Gasteiger partial charge in [0.2, 0.25) is 5.91 Å². The number of nitrogens with zero attached hydrogens (tertiary/aromatic N) is 3. The highest BCUT2D eigenvalue weighted by Gasteiger charge is 2.42. The third-order valence-corrected chi connectivity index (χ3v) is 8.12. The van der Waals surface area contributed by atoms with Crippen molar-refractivity contribution in [1.82, 2.24) is 19.9 Å². The normalized spacial score (nSPS) is 16.5. The fourth-order valence-electron chi connectivity index (χ4n) is 5.70. The minimum Gasteiger partial charge on any atom is -0.478 e. The molecule has 2 amide bonds. The predicted molar refractivity (Wildman–Crippen MR) is 156 cm³/mol. The Balaban J connectivity index is 1.23. The minimum atomic E-state index is -1.03. The van der Waals surface area contributed by atoms with Crippen LogP contribution in [0.5, 0.6) is 0 Å². The Hall–Kier alpha value is -4.79. The van der Waals surface area contributed by atoms with E-state index < -0.39 is 11.5 Å². The molecule has 2 aromatic carbocycles. The van der Waals surface area contributed by atoms with Crippen LogP contribution in [0.15, 0.2) is 72.9 Å². The van der Waals surface area contributed by atoms with Gasteiger partial charge in [-0.1, -0.05) is 31.0 Å². The van der Waals surface area contributed by atoms with Crippen LogP contribution in [0.4, 0.5) is 5.69 Å². The number of pyridine rings is 1. The molecule has 0 atom stereocenters. The molecule has 0 aliphatic heterocycles. The highest BCUT2D eigenvalue weighted by atomic mass is 16.4. The number of rotatable bonds is 8. The fraction of sp³-hybridized carbons (Fsp3) is 0.281. The molecule has 2 aromatic heterocycles. The number of carbonyl (C=O) groups excluding carboxylic acids is 2. The molecule has 208 valence electrons. The molecule has 0 radical (unpaired) electrons. The molecule has 9 nitrogen and oxygen atoms in total. The van der Waals surface area contributed by atoms with E-state index >= 15 is 0 Å².